The normalized spacial score (nSPS) is 22.0. The van der Waals surface area contributed by atoms with Crippen molar-refractivity contribution in [2.24, 2.45) is 5.92 Å². The summed E-state index contributed by atoms with van der Waals surface area (Å²) >= 11 is 6.19. The number of piperidine rings is 1. The van der Waals surface area contributed by atoms with Gasteiger partial charge in [-0.05, 0) is 43.5 Å². The van der Waals surface area contributed by atoms with Crippen molar-refractivity contribution in [1.29, 1.82) is 0 Å². The van der Waals surface area contributed by atoms with Crippen molar-refractivity contribution >= 4 is 34.4 Å². The van der Waals surface area contributed by atoms with Gasteiger partial charge in [-0.15, -0.1) is 0 Å². The van der Waals surface area contributed by atoms with Crippen LogP contribution in [-0.4, -0.2) is 47.5 Å². The van der Waals surface area contributed by atoms with Crippen LogP contribution in [-0.2, 0) is 11.2 Å². The third-order valence-electron chi connectivity index (χ3n) is 5.18. The van der Waals surface area contributed by atoms with Crippen molar-refractivity contribution in [2.75, 3.05) is 19.6 Å². The lowest BCUT2D eigenvalue weighted by molar-refractivity contribution is -0.127. The summed E-state index contributed by atoms with van der Waals surface area (Å²) in [4.78, 5) is 29.5. The smallest absolute Gasteiger partial charge is 0.324 e. The number of H-pyrrole nitrogens is 1. The molecule has 1 aromatic heterocycles. The lowest BCUT2D eigenvalue weighted by Gasteiger charge is -2.25. The van der Waals surface area contributed by atoms with Gasteiger partial charge in [0.05, 0.1) is 10.5 Å². The second kappa shape index (κ2) is 6.69. The number of nitrogens with zero attached hydrogens (tertiary/aromatic N) is 1. The first-order chi connectivity index (χ1) is 12.1. The quantitative estimate of drug-likeness (QED) is 0.732. The molecule has 2 aromatic rings. The lowest BCUT2D eigenvalue weighted by atomic mass is 9.97. The van der Waals surface area contributed by atoms with Gasteiger partial charge in [0.25, 0.3) is 5.91 Å². The third kappa shape index (κ3) is 3.12. The van der Waals surface area contributed by atoms with Gasteiger partial charge in [0.15, 0.2) is 0 Å². The Kier molecular flexibility index (Phi) is 4.39. The molecule has 1 atom stereocenters. The van der Waals surface area contributed by atoms with Crippen LogP contribution >= 0.6 is 11.6 Å². The molecule has 0 spiro atoms. The fraction of sp³-hybridized carbons (Fsp3) is 0.444. The van der Waals surface area contributed by atoms with E-state index in [1.807, 2.05) is 24.4 Å². The second-order valence-electron chi connectivity index (χ2n) is 6.82. The van der Waals surface area contributed by atoms with Crippen molar-refractivity contribution < 1.29 is 9.59 Å². The predicted octanol–water partition coefficient (Wildman–Crippen LogP) is 2.28. The molecule has 2 saturated heterocycles. The van der Waals surface area contributed by atoms with Gasteiger partial charge in [0.1, 0.15) is 6.04 Å². The number of benzene rings is 1. The molecule has 2 aliphatic heterocycles. The van der Waals surface area contributed by atoms with E-state index in [1.165, 1.54) is 4.90 Å². The molecule has 25 heavy (non-hydrogen) atoms. The van der Waals surface area contributed by atoms with Crippen LogP contribution in [0.25, 0.3) is 10.9 Å². The number of hydrogen-bond donors (Lipinski definition) is 3. The molecule has 0 radical (unpaired) electrons. The Morgan fingerprint density at radius 3 is 2.80 bits per heavy atom. The Morgan fingerprint density at radius 1 is 1.20 bits per heavy atom. The first-order valence-corrected chi connectivity index (χ1v) is 9.08. The van der Waals surface area contributed by atoms with Crippen molar-refractivity contribution in [1.82, 2.24) is 20.5 Å². The fourth-order valence-corrected chi connectivity index (χ4v) is 4.00. The molecule has 4 rings (SSSR count). The minimum atomic E-state index is -0.507. The van der Waals surface area contributed by atoms with Crippen molar-refractivity contribution in [2.45, 2.75) is 25.3 Å². The number of para-hydroxylation sites is 1. The first kappa shape index (κ1) is 16.4. The van der Waals surface area contributed by atoms with Gasteiger partial charge in [0, 0.05) is 24.5 Å². The van der Waals surface area contributed by atoms with E-state index >= 15 is 0 Å². The minimum absolute atomic E-state index is 0.125. The molecule has 2 fully saturated rings. The average Bonchev–Trinajstić information content (AvgIpc) is 3.14. The number of urea groups is 1. The number of fused-ring (bicyclic) bond motifs is 1. The van der Waals surface area contributed by atoms with Crippen LogP contribution in [0.15, 0.2) is 24.4 Å². The van der Waals surface area contributed by atoms with E-state index in [0.29, 0.717) is 23.9 Å². The molecule has 7 heteroatoms. The maximum atomic E-state index is 12.7. The molecule has 0 saturated carbocycles. The predicted molar refractivity (Wildman–Crippen MR) is 96.6 cm³/mol. The van der Waals surface area contributed by atoms with Gasteiger partial charge >= 0.3 is 6.03 Å². The molecular weight excluding hydrogens is 340 g/mol. The Balaban J connectivity index is 1.48. The Bertz CT molecular complexity index is 813. The van der Waals surface area contributed by atoms with E-state index in [2.05, 4.69) is 15.6 Å². The van der Waals surface area contributed by atoms with E-state index in [4.69, 9.17) is 11.6 Å². The van der Waals surface area contributed by atoms with Crippen LogP contribution in [0.1, 0.15) is 18.4 Å². The fourth-order valence-electron chi connectivity index (χ4n) is 3.77. The first-order valence-electron chi connectivity index (χ1n) is 8.70. The maximum absolute atomic E-state index is 12.7. The Hall–Kier alpha value is -2.05. The molecule has 132 valence electrons. The molecule has 0 aliphatic carbocycles. The highest BCUT2D eigenvalue weighted by Gasteiger charge is 2.39. The summed E-state index contributed by atoms with van der Waals surface area (Å²) < 4.78 is 0. The minimum Gasteiger partial charge on any atom is -0.360 e. The van der Waals surface area contributed by atoms with Crippen LogP contribution in [0.4, 0.5) is 4.79 Å². The summed E-state index contributed by atoms with van der Waals surface area (Å²) in [7, 11) is 0. The van der Waals surface area contributed by atoms with E-state index in [1.54, 1.807) is 0 Å². The summed E-state index contributed by atoms with van der Waals surface area (Å²) in [5.41, 5.74) is 1.85. The third-order valence-corrected chi connectivity index (χ3v) is 5.50. The molecule has 0 unspecified atom stereocenters. The molecule has 1 aromatic carbocycles. The van der Waals surface area contributed by atoms with E-state index in [9.17, 15) is 9.59 Å². The number of aromatic nitrogens is 1. The van der Waals surface area contributed by atoms with Gasteiger partial charge in [0.2, 0.25) is 0 Å². The molecule has 3 amide bonds. The van der Waals surface area contributed by atoms with E-state index in [-0.39, 0.29) is 11.9 Å². The van der Waals surface area contributed by atoms with Gasteiger partial charge in [-0.25, -0.2) is 4.79 Å². The Labute approximate surface area is 150 Å². The number of carbonyl (C=O) groups excluding carboxylic acids is 2. The van der Waals surface area contributed by atoms with Crippen LogP contribution < -0.4 is 10.6 Å². The molecule has 6 nitrogen and oxygen atoms in total. The van der Waals surface area contributed by atoms with Crippen LogP contribution in [0.5, 0.6) is 0 Å². The number of hydrogen-bond acceptors (Lipinski definition) is 3. The number of aromatic amines is 1. The van der Waals surface area contributed by atoms with Crippen LogP contribution in [0.2, 0.25) is 5.02 Å². The van der Waals surface area contributed by atoms with E-state index < -0.39 is 6.04 Å². The molecule has 0 bridgehead atoms. The largest absolute Gasteiger partial charge is 0.360 e. The van der Waals surface area contributed by atoms with Gasteiger partial charge < -0.3 is 15.6 Å². The van der Waals surface area contributed by atoms with Crippen molar-refractivity contribution in [3.63, 3.8) is 0 Å². The highest BCUT2D eigenvalue weighted by atomic mass is 35.5. The number of rotatable bonds is 4. The van der Waals surface area contributed by atoms with Gasteiger partial charge in [-0.3, -0.25) is 9.69 Å². The zero-order chi connectivity index (χ0) is 17.4. The number of imide groups is 1. The zero-order valence-corrected chi connectivity index (χ0v) is 14.6. The summed E-state index contributed by atoms with van der Waals surface area (Å²) in [5.74, 6) is 0.265. The highest BCUT2D eigenvalue weighted by Crippen LogP contribution is 2.27. The standard InChI is InChI=1S/C18H21ClN4O2/c19-14-3-1-2-13-12(9-21-16(13)14)8-15-17(24)23(18(25)22-15)10-11-4-6-20-7-5-11/h1-3,9,11,15,20-21H,4-8,10H2,(H,22,25)/t15-/m1/s1. The second-order valence-corrected chi connectivity index (χ2v) is 7.23. The maximum Gasteiger partial charge on any atom is 0.324 e. The van der Waals surface area contributed by atoms with Gasteiger partial charge in [-0.1, -0.05) is 23.7 Å². The lowest BCUT2D eigenvalue weighted by Crippen LogP contribution is -2.39. The van der Waals surface area contributed by atoms with E-state index in [0.717, 1.165) is 42.4 Å². The van der Waals surface area contributed by atoms with Crippen LogP contribution in [0, 0.1) is 5.92 Å². The topological polar surface area (TPSA) is 77.2 Å². The number of carbonyl (C=O) groups is 2. The van der Waals surface area contributed by atoms with Crippen molar-refractivity contribution in [3.8, 4) is 0 Å². The molecule has 3 heterocycles. The average molecular weight is 361 g/mol. The highest BCUT2D eigenvalue weighted by molar-refractivity contribution is 6.35. The SMILES string of the molecule is O=C1N[C@H](Cc2c[nH]c3c(Cl)cccc23)C(=O)N1CC1CCNCC1. The number of amides is 3. The summed E-state index contributed by atoms with van der Waals surface area (Å²) in [6, 6.07) is 4.91. The van der Waals surface area contributed by atoms with Gasteiger partial charge in [-0.2, -0.15) is 0 Å². The zero-order valence-electron chi connectivity index (χ0n) is 13.8. The van der Waals surface area contributed by atoms with Crippen LogP contribution in [0.3, 0.4) is 0 Å². The molecule has 3 N–H and O–H groups in total. The van der Waals surface area contributed by atoms with Crippen molar-refractivity contribution in [3.05, 3.63) is 35.0 Å². The summed E-state index contributed by atoms with van der Waals surface area (Å²) in [6.07, 6.45) is 4.34. The molecule has 2 aliphatic rings. The number of nitrogens with one attached hydrogen (secondary N) is 3. The monoisotopic (exact) mass is 360 g/mol. The number of halogens is 1. The summed E-state index contributed by atoms with van der Waals surface area (Å²) in [5, 5.41) is 7.78. The Morgan fingerprint density at radius 2 is 2.00 bits per heavy atom. The molecular formula is C18H21ClN4O2. The summed E-state index contributed by atoms with van der Waals surface area (Å²) in [6.45, 7) is 2.42.